The van der Waals surface area contributed by atoms with Crippen LogP contribution in [0.3, 0.4) is 0 Å². The molecule has 0 saturated carbocycles. The highest BCUT2D eigenvalue weighted by Crippen LogP contribution is 2.36. The molecule has 0 aliphatic carbocycles. The van der Waals surface area contributed by atoms with E-state index in [2.05, 4.69) is 9.98 Å². The standard InChI is InChI=1S/C18H16F2N4O/c19-11-3-4-14(20)12(7-11)16-2-1-5-24(16)18-13-6-10(17(21)25)8-22-15(13)9-23-18/h3-4,6-8,16H,1-2,5,9H2,(H2,21,25)/t16-/m1/s1. The van der Waals surface area contributed by atoms with Crippen LogP contribution in [0.15, 0.2) is 35.5 Å². The van der Waals surface area contributed by atoms with Gasteiger partial charge in [0.15, 0.2) is 0 Å². The Labute approximate surface area is 143 Å². The highest BCUT2D eigenvalue weighted by atomic mass is 19.1. The zero-order chi connectivity index (χ0) is 17.6. The second-order valence-electron chi connectivity index (χ2n) is 6.24. The molecule has 3 heterocycles. The third-order valence-corrected chi connectivity index (χ3v) is 4.72. The molecule has 25 heavy (non-hydrogen) atoms. The molecule has 0 bridgehead atoms. The molecule has 0 unspecified atom stereocenters. The Bertz CT molecular complexity index is 897. The Morgan fingerprint density at radius 1 is 1.28 bits per heavy atom. The van der Waals surface area contributed by atoms with Crippen LogP contribution in [0, 0.1) is 11.6 Å². The second-order valence-corrected chi connectivity index (χ2v) is 6.24. The fourth-order valence-electron chi connectivity index (χ4n) is 3.54. The third kappa shape index (κ3) is 2.65. The van der Waals surface area contributed by atoms with Crippen LogP contribution >= 0.6 is 0 Å². The largest absolute Gasteiger partial charge is 0.366 e. The first-order valence-corrected chi connectivity index (χ1v) is 8.09. The average Bonchev–Trinajstić information content (AvgIpc) is 3.22. The zero-order valence-corrected chi connectivity index (χ0v) is 13.4. The number of primary amides is 1. The minimum atomic E-state index is -0.560. The SMILES string of the molecule is NC(=O)c1cnc2c(c1)C(N1CCC[C@@H]1c1cc(F)ccc1F)=NC2. The van der Waals surface area contributed by atoms with E-state index in [4.69, 9.17) is 5.73 Å². The summed E-state index contributed by atoms with van der Waals surface area (Å²) in [5.41, 5.74) is 7.46. The first-order chi connectivity index (χ1) is 12.0. The monoisotopic (exact) mass is 342 g/mol. The Morgan fingerprint density at radius 3 is 2.92 bits per heavy atom. The van der Waals surface area contributed by atoms with Crippen molar-refractivity contribution in [3.05, 3.63) is 64.5 Å². The number of nitrogens with two attached hydrogens (primary N) is 1. The minimum Gasteiger partial charge on any atom is -0.366 e. The Balaban J connectivity index is 1.73. The summed E-state index contributed by atoms with van der Waals surface area (Å²) in [6.07, 6.45) is 2.99. The van der Waals surface area contributed by atoms with Crippen LogP contribution in [0.1, 0.15) is 46.1 Å². The van der Waals surface area contributed by atoms with E-state index in [9.17, 15) is 13.6 Å². The zero-order valence-electron chi connectivity index (χ0n) is 13.4. The summed E-state index contributed by atoms with van der Waals surface area (Å²) >= 11 is 0. The molecule has 7 heteroatoms. The van der Waals surface area contributed by atoms with Gasteiger partial charge in [0.2, 0.25) is 5.91 Å². The van der Waals surface area contributed by atoms with E-state index in [0.717, 1.165) is 29.8 Å². The van der Waals surface area contributed by atoms with Crippen molar-refractivity contribution in [1.82, 2.24) is 9.88 Å². The Morgan fingerprint density at radius 2 is 2.12 bits per heavy atom. The molecule has 1 saturated heterocycles. The molecule has 1 aromatic carbocycles. The molecule has 1 amide bonds. The van der Waals surface area contributed by atoms with Crippen LogP contribution in [0.25, 0.3) is 0 Å². The van der Waals surface area contributed by atoms with Crippen LogP contribution < -0.4 is 5.73 Å². The summed E-state index contributed by atoms with van der Waals surface area (Å²) in [4.78, 5) is 22.2. The molecule has 2 N–H and O–H groups in total. The van der Waals surface area contributed by atoms with Crippen LogP contribution in [0.2, 0.25) is 0 Å². The number of carbonyl (C=O) groups is 1. The predicted octanol–water partition coefficient (Wildman–Crippen LogP) is 2.56. The van der Waals surface area contributed by atoms with E-state index in [1.54, 1.807) is 6.07 Å². The first-order valence-electron chi connectivity index (χ1n) is 8.09. The Hall–Kier alpha value is -2.83. The van der Waals surface area contributed by atoms with Gasteiger partial charge < -0.3 is 10.6 Å². The van der Waals surface area contributed by atoms with Crippen molar-refractivity contribution in [3.8, 4) is 0 Å². The van der Waals surface area contributed by atoms with Crippen LogP contribution in [-0.4, -0.2) is 28.2 Å². The fourth-order valence-corrected chi connectivity index (χ4v) is 3.54. The maximum absolute atomic E-state index is 14.2. The van der Waals surface area contributed by atoms with E-state index in [1.165, 1.54) is 12.3 Å². The number of hydrogen-bond acceptors (Lipinski definition) is 4. The van der Waals surface area contributed by atoms with Crippen molar-refractivity contribution in [2.45, 2.75) is 25.4 Å². The highest BCUT2D eigenvalue weighted by molar-refractivity contribution is 6.04. The lowest BCUT2D eigenvalue weighted by Crippen LogP contribution is -2.31. The fraction of sp³-hybridized carbons (Fsp3) is 0.278. The molecule has 4 rings (SSSR count). The molecular formula is C18H16F2N4O. The molecule has 0 spiro atoms. The van der Waals surface area contributed by atoms with Crippen molar-refractivity contribution in [3.63, 3.8) is 0 Å². The minimum absolute atomic E-state index is 0.294. The van der Waals surface area contributed by atoms with Crippen LogP contribution in [0.5, 0.6) is 0 Å². The summed E-state index contributed by atoms with van der Waals surface area (Å²) < 4.78 is 27.8. The number of aromatic nitrogens is 1. The summed E-state index contributed by atoms with van der Waals surface area (Å²) in [6, 6.07) is 4.89. The normalized spacial score (nSPS) is 19.0. The number of halogens is 2. The summed E-state index contributed by atoms with van der Waals surface area (Å²) in [5.74, 6) is -0.789. The van der Waals surface area contributed by atoms with Crippen molar-refractivity contribution < 1.29 is 13.6 Å². The van der Waals surface area contributed by atoms with E-state index in [-0.39, 0.29) is 6.04 Å². The molecular weight excluding hydrogens is 326 g/mol. The maximum atomic E-state index is 14.2. The molecule has 5 nitrogen and oxygen atoms in total. The lowest BCUT2D eigenvalue weighted by atomic mass is 10.0. The predicted molar refractivity (Wildman–Crippen MR) is 88.0 cm³/mol. The van der Waals surface area contributed by atoms with E-state index >= 15 is 0 Å². The van der Waals surface area contributed by atoms with Crippen LogP contribution in [0.4, 0.5) is 8.78 Å². The smallest absolute Gasteiger partial charge is 0.250 e. The molecule has 0 radical (unpaired) electrons. The lowest BCUT2D eigenvalue weighted by molar-refractivity contribution is 0.1000. The maximum Gasteiger partial charge on any atom is 0.250 e. The summed E-state index contributed by atoms with van der Waals surface area (Å²) in [7, 11) is 0. The van der Waals surface area contributed by atoms with Gasteiger partial charge in [-0.2, -0.15) is 0 Å². The van der Waals surface area contributed by atoms with Gasteiger partial charge in [0.25, 0.3) is 0 Å². The number of likely N-dealkylation sites (tertiary alicyclic amines) is 1. The quantitative estimate of drug-likeness (QED) is 0.912. The van der Waals surface area contributed by atoms with Gasteiger partial charge in [-0.15, -0.1) is 0 Å². The van der Waals surface area contributed by atoms with Crippen LogP contribution in [-0.2, 0) is 6.54 Å². The molecule has 1 aromatic heterocycles. The summed E-state index contributed by atoms with van der Waals surface area (Å²) in [5, 5.41) is 0. The van der Waals surface area contributed by atoms with Gasteiger partial charge in [-0.1, -0.05) is 0 Å². The average molecular weight is 342 g/mol. The Kier molecular flexibility index (Phi) is 3.71. The second kappa shape index (κ2) is 5.91. The molecule has 1 atom stereocenters. The molecule has 128 valence electrons. The molecule has 2 aliphatic rings. The number of amidine groups is 1. The summed E-state index contributed by atoms with van der Waals surface area (Å²) in [6.45, 7) is 1.08. The van der Waals surface area contributed by atoms with Gasteiger partial charge in [0.1, 0.15) is 17.5 Å². The third-order valence-electron chi connectivity index (χ3n) is 4.72. The molecule has 1 fully saturated rings. The highest BCUT2D eigenvalue weighted by Gasteiger charge is 2.34. The number of aliphatic imine (C=N–C) groups is 1. The number of hydrogen-bond donors (Lipinski definition) is 1. The number of amides is 1. The van der Waals surface area contributed by atoms with E-state index in [0.29, 0.717) is 36.5 Å². The molecule has 2 aromatic rings. The van der Waals surface area contributed by atoms with Crippen molar-refractivity contribution in [1.29, 1.82) is 0 Å². The van der Waals surface area contributed by atoms with Gasteiger partial charge in [-0.3, -0.25) is 14.8 Å². The van der Waals surface area contributed by atoms with Gasteiger partial charge >= 0.3 is 0 Å². The van der Waals surface area contributed by atoms with Gasteiger partial charge in [-0.05, 0) is 37.1 Å². The number of rotatable bonds is 2. The van der Waals surface area contributed by atoms with Gasteiger partial charge in [0.05, 0.1) is 23.8 Å². The van der Waals surface area contributed by atoms with E-state index < -0.39 is 17.5 Å². The number of carbonyl (C=O) groups excluding carboxylic acids is 1. The van der Waals surface area contributed by atoms with Gasteiger partial charge in [0, 0.05) is 23.9 Å². The molecule has 2 aliphatic heterocycles. The number of fused-ring (bicyclic) bond motifs is 1. The van der Waals surface area contributed by atoms with Crippen molar-refractivity contribution in [2.24, 2.45) is 10.7 Å². The van der Waals surface area contributed by atoms with Gasteiger partial charge in [-0.25, -0.2) is 8.78 Å². The van der Waals surface area contributed by atoms with E-state index in [1.807, 2.05) is 4.90 Å². The van der Waals surface area contributed by atoms with Crippen molar-refractivity contribution >= 4 is 11.7 Å². The lowest BCUT2D eigenvalue weighted by Gasteiger charge is -2.27. The number of pyridine rings is 1. The number of nitrogens with zero attached hydrogens (tertiary/aromatic N) is 3. The van der Waals surface area contributed by atoms with Crippen molar-refractivity contribution in [2.75, 3.05) is 6.54 Å². The first kappa shape index (κ1) is 15.7. The topological polar surface area (TPSA) is 71.6 Å². The number of benzene rings is 1.